The summed E-state index contributed by atoms with van der Waals surface area (Å²) in [5.41, 5.74) is 4.36. The van der Waals surface area contributed by atoms with E-state index < -0.39 is 11.4 Å². The quantitative estimate of drug-likeness (QED) is 0.522. The molecule has 5 nitrogen and oxygen atoms in total. The van der Waals surface area contributed by atoms with Gasteiger partial charge in [-0.25, -0.2) is 9.67 Å². The SMILES string of the molecule is Cc1nn(-c2ccccn2)c2cc(-c3ccc(CC(C)(C)C(=O)O)cc3)ccc12. The third-order valence-corrected chi connectivity index (χ3v) is 5.24. The van der Waals surface area contributed by atoms with Gasteiger partial charge in [-0.3, -0.25) is 4.79 Å². The Morgan fingerprint density at radius 3 is 2.41 bits per heavy atom. The molecule has 0 fully saturated rings. The lowest BCUT2D eigenvalue weighted by Gasteiger charge is -2.19. The highest BCUT2D eigenvalue weighted by molar-refractivity contribution is 5.87. The first-order chi connectivity index (χ1) is 13.8. The van der Waals surface area contributed by atoms with Crippen LogP contribution in [-0.2, 0) is 11.2 Å². The molecule has 0 amide bonds. The largest absolute Gasteiger partial charge is 0.481 e. The zero-order valence-corrected chi connectivity index (χ0v) is 16.8. The summed E-state index contributed by atoms with van der Waals surface area (Å²) in [6.45, 7) is 5.50. The molecule has 5 heteroatoms. The van der Waals surface area contributed by atoms with E-state index in [2.05, 4.69) is 28.3 Å². The Morgan fingerprint density at radius 1 is 1.03 bits per heavy atom. The fraction of sp³-hybridized carbons (Fsp3) is 0.208. The lowest BCUT2D eigenvalue weighted by Crippen LogP contribution is -2.26. The lowest BCUT2D eigenvalue weighted by molar-refractivity contribution is -0.146. The number of benzene rings is 2. The van der Waals surface area contributed by atoms with E-state index in [1.165, 1.54) is 0 Å². The number of fused-ring (bicyclic) bond motifs is 1. The van der Waals surface area contributed by atoms with Crippen molar-refractivity contribution in [2.75, 3.05) is 0 Å². The monoisotopic (exact) mass is 385 g/mol. The van der Waals surface area contributed by atoms with Crippen molar-refractivity contribution in [1.82, 2.24) is 14.8 Å². The second kappa shape index (κ2) is 7.17. The van der Waals surface area contributed by atoms with Crippen LogP contribution in [-0.4, -0.2) is 25.8 Å². The molecule has 146 valence electrons. The van der Waals surface area contributed by atoms with Crippen LogP contribution < -0.4 is 0 Å². The van der Waals surface area contributed by atoms with Gasteiger partial charge in [0.1, 0.15) is 0 Å². The average Bonchev–Trinajstić information content (AvgIpc) is 3.05. The van der Waals surface area contributed by atoms with Crippen LogP contribution in [0.1, 0.15) is 25.1 Å². The van der Waals surface area contributed by atoms with E-state index in [0.717, 1.165) is 39.1 Å². The normalized spacial score (nSPS) is 11.7. The molecule has 2 aromatic heterocycles. The van der Waals surface area contributed by atoms with Gasteiger partial charge in [-0.2, -0.15) is 5.10 Å². The number of carbonyl (C=O) groups is 1. The van der Waals surface area contributed by atoms with E-state index >= 15 is 0 Å². The molecule has 0 unspecified atom stereocenters. The molecular weight excluding hydrogens is 362 g/mol. The van der Waals surface area contributed by atoms with E-state index in [9.17, 15) is 9.90 Å². The van der Waals surface area contributed by atoms with Gasteiger partial charge in [0.05, 0.1) is 16.6 Å². The fourth-order valence-electron chi connectivity index (χ4n) is 3.50. The molecule has 0 spiro atoms. The third kappa shape index (κ3) is 3.63. The topological polar surface area (TPSA) is 68.0 Å². The Kier molecular flexibility index (Phi) is 4.66. The van der Waals surface area contributed by atoms with Gasteiger partial charge in [-0.1, -0.05) is 42.5 Å². The Labute approximate surface area is 169 Å². The van der Waals surface area contributed by atoms with Gasteiger partial charge in [-0.15, -0.1) is 0 Å². The molecule has 0 bridgehead atoms. The predicted molar refractivity (Wildman–Crippen MR) is 114 cm³/mol. The molecule has 4 rings (SSSR count). The molecule has 0 atom stereocenters. The Balaban J connectivity index is 1.71. The molecule has 1 N–H and O–H groups in total. The van der Waals surface area contributed by atoms with E-state index in [-0.39, 0.29) is 0 Å². The molecule has 0 saturated heterocycles. The number of rotatable bonds is 5. The zero-order chi connectivity index (χ0) is 20.6. The number of aromatic nitrogens is 3. The molecule has 0 aliphatic rings. The molecule has 4 aromatic rings. The van der Waals surface area contributed by atoms with Crippen molar-refractivity contribution in [2.45, 2.75) is 27.2 Å². The van der Waals surface area contributed by atoms with Crippen molar-refractivity contribution in [3.63, 3.8) is 0 Å². The summed E-state index contributed by atoms with van der Waals surface area (Å²) < 4.78 is 1.87. The van der Waals surface area contributed by atoms with Crippen LogP contribution in [0, 0.1) is 12.3 Å². The van der Waals surface area contributed by atoms with Gasteiger partial charge in [0.25, 0.3) is 0 Å². The van der Waals surface area contributed by atoms with E-state index in [1.54, 1.807) is 20.0 Å². The van der Waals surface area contributed by atoms with E-state index in [4.69, 9.17) is 0 Å². The number of aliphatic carboxylic acids is 1. The highest BCUT2D eigenvalue weighted by atomic mass is 16.4. The highest BCUT2D eigenvalue weighted by Gasteiger charge is 2.27. The Bertz CT molecular complexity index is 1180. The number of hydrogen-bond acceptors (Lipinski definition) is 3. The number of carboxylic acids is 1. The smallest absolute Gasteiger partial charge is 0.309 e. The summed E-state index contributed by atoms with van der Waals surface area (Å²) >= 11 is 0. The van der Waals surface area contributed by atoms with Gasteiger partial charge >= 0.3 is 5.97 Å². The predicted octanol–water partition coefficient (Wildman–Crippen LogP) is 5.05. The minimum atomic E-state index is -0.787. The van der Waals surface area contributed by atoms with Crippen LogP contribution in [0.3, 0.4) is 0 Å². The molecule has 0 aliphatic carbocycles. The van der Waals surface area contributed by atoms with E-state index in [0.29, 0.717) is 6.42 Å². The summed E-state index contributed by atoms with van der Waals surface area (Å²) in [5, 5.41) is 15.1. The van der Waals surface area contributed by atoms with Crippen LogP contribution in [0.5, 0.6) is 0 Å². The molecular formula is C24H23N3O2. The van der Waals surface area contributed by atoms with Crippen LogP contribution >= 0.6 is 0 Å². The van der Waals surface area contributed by atoms with Gasteiger partial charge in [-0.05, 0) is 62.1 Å². The maximum Gasteiger partial charge on any atom is 0.309 e. The molecule has 2 heterocycles. The molecule has 0 radical (unpaired) electrons. The third-order valence-electron chi connectivity index (χ3n) is 5.24. The van der Waals surface area contributed by atoms with Crippen molar-refractivity contribution < 1.29 is 9.90 Å². The summed E-state index contributed by atoms with van der Waals surface area (Å²) in [7, 11) is 0. The second-order valence-electron chi connectivity index (χ2n) is 7.98. The second-order valence-corrected chi connectivity index (χ2v) is 7.98. The van der Waals surface area contributed by atoms with E-state index in [1.807, 2.05) is 54.1 Å². The maximum atomic E-state index is 11.4. The highest BCUT2D eigenvalue weighted by Crippen LogP contribution is 2.29. The number of nitrogens with zero attached hydrogens (tertiary/aromatic N) is 3. The standard InChI is InChI=1S/C24H23N3O2/c1-16-20-12-11-19(14-21(20)27(26-16)22-6-4-5-13-25-22)18-9-7-17(8-10-18)15-24(2,3)23(28)29/h4-14H,15H2,1-3H3,(H,28,29). The van der Waals surface area contributed by atoms with Crippen molar-refractivity contribution in [2.24, 2.45) is 5.41 Å². The van der Waals surface area contributed by atoms with Gasteiger partial charge in [0.15, 0.2) is 5.82 Å². The minimum Gasteiger partial charge on any atom is -0.481 e. The molecule has 0 saturated carbocycles. The van der Waals surface area contributed by atoms with Gasteiger partial charge < -0.3 is 5.11 Å². The minimum absolute atomic E-state index is 0.493. The molecule has 29 heavy (non-hydrogen) atoms. The van der Waals surface area contributed by atoms with Crippen LogP contribution in [0.15, 0.2) is 66.9 Å². The molecule has 0 aliphatic heterocycles. The number of pyridine rings is 1. The number of aryl methyl sites for hydroxylation is 1. The van der Waals surface area contributed by atoms with Crippen molar-refractivity contribution in [3.8, 4) is 16.9 Å². The summed E-state index contributed by atoms with van der Waals surface area (Å²) in [6, 6.07) is 20.2. The summed E-state index contributed by atoms with van der Waals surface area (Å²) in [4.78, 5) is 15.8. The summed E-state index contributed by atoms with van der Waals surface area (Å²) in [6.07, 6.45) is 2.26. The van der Waals surface area contributed by atoms with Crippen LogP contribution in [0.2, 0.25) is 0 Å². The lowest BCUT2D eigenvalue weighted by atomic mass is 9.85. The zero-order valence-electron chi connectivity index (χ0n) is 16.8. The van der Waals surface area contributed by atoms with Crippen molar-refractivity contribution >= 4 is 16.9 Å². The van der Waals surface area contributed by atoms with Crippen LogP contribution in [0.4, 0.5) is 0 Å². The number of carboxylic acid groups (broad SMARTS) is 1. The fourth-order valence-corrected chi connectivity index (χ4v) is 3.50. The Hall–Kier alpha value is -3.47. The first kappa shape index (κ1) is 18.9. The van der Waals surface area contributed by atoms with Crippen molar-refractivity contribution in [3.05, 3.63) is 78.1 Å². The van der Waals surface area contributed by atoms with Gasteiger partial charge in [0, 0.05) is 11.6 Å². The first-order valence-corrected chi connectivity index (χ1v) is 9.59. The summed E-state index contributed by atoms with van der Waals surface area (Å²) in [5.74, 6) is -0.000758. The average molecular weight is 385 g/mol. The van der Waals surface area contributed by atoms with Crippen LogP contribution in [0.25, 0.3) is 27.8 Å². The Morgan fingerprint density at radius 2 is 1.76 bits per heavy atom. The number of hydrogen-bond donors (Lipinski definition) is 1. The van der Waals surface area contributed by atoms with Gasteiger partial charge in [0.2, 0.25) is 0 Å². The first-order valence-electron chi connectivity index (χ1n) is 9.59. The maximum absolute atomic E-state index is 11.4. The molecule has 2 aromatic carbocycles. The van der Waals surface area contributed by atoms with Crippen molar-refractivity contribution in [1.29, 1.82) is 0 Å².